The van der Waals surface area contributed by atoms with Crippen molar-refractivity contribution in [2.24, 2.45) is 0 Å². The Kier molecular flexibility index (Phi) is 5.10. The maximum atomic E-state index is 4.36. The van der Waals surface area contributed by atoms with Crippen molar-refractivity contribution in [1.82, 2.24) is 20.1 Å². The van der Waals surface area contributed by atoms with Crippen molar-refractivity contribution in [1.29, 1.82) is 0 Å². The molecule has 0 atom stereocenters. The molecule has 0 fully saturated rings. The van der Waals surface area contributed by atoms with Gasteiger partial charge < -0.3 is 5.32 Å². The molecule has 0 radical (unpaired) electrons. The van der Waals surface area contributed by atoms with Crippen LogP contribution < -0.4 is 5.32 Å². The van der Waals surface area contributed by atoms with E-state index in [0.717, 1.165) is 43.6 Å². The lowest BCUT2D eigenvalue weighted by Crippen LogP contribution is -2.13. The fraction of sp³-hybridized carbons (Fsp3) is 0.467. The van der Waals surface area contributed by atoms with E-state index in [1.807, 2.05) is 23.3 Å². The second kappa shape index (κ2) is 7.04. The molecule has 0 aromatic carbocycles. The summed E-state index contributed by atoms with van der Waals surface area (Å²) in [5.41, 5.74) is 3.49. The van der Waals surface area contributed by atoms with Gasteiger partial charge in [0, 0.05) is 42.8 Å². The lowest BCUT2D eigenvalue weighted by molar-refractivity contribution is 0.603. The molecule has 0 aliphatic rings. The van der Waals surface area contributed by atoms with E-state index in [4.69, 9.17) is 0 Å². The molecule has 0 unspecified atom stereocenters. The summed E-state index contributed by atoms with van der Waals surface area (Å²) in [6.07, 6.45) is 10.1. The monoisotopic (exact) mass is 258 g/mol. The number of hydrogen-bond donors (Lipinski definition) is 1. The highest BCUT2D eigenvalue weighted by molar-refractivity contribution is 5.61. The van der Waals surface area contributed by atoms with Gasteiger partial charge in [0.1, 0.15) is 0 Å². The molecule has 2 aromatic heterocycles. The Morgan fingerprint density at radius 2 is 2.00 bits per heavy atom. The quantitative estimate of drug-likeness (QED) is 0.777. The summed E-state index contributed by atoms with van der Waals surface area (Å²) in [6.45, 7) is 7.20. The molecule has 4 nitrogen and oxygen atoms in total. The Bertz CT molecular complexity index is 504. The van der Waals surface area contributed by atoms with Crippen molar-refractivity contribution in [2.75, 3.05) is 6.54 Å². The normalized spacial score (nSPS) is 10.8. The van der Waals surface area contributed by atoms with E-state index in [2.05, 4.69) is 41.5 Å². The predicted molar refractivity (Wildman–Crippen MR) is 77.7 cm³/mol. The van der Waals surface area contributed by atoms with Crippen LogP contribution >= 0.6 is 0 Å². The molecule has 102 valence electrons. The Morgan fingerprint density at radius 3 is 2.79 bits per heavy atom. The van der Waals surface area contributed by atoms with Crippen LogP contribution in [0.15, 0.2) is 30.9 Å². The van der Waals surface area contributed by atoms with E-state index in [0.29, 0.717) is 0 Å². The molecule has 0 aliphatic carbocycles. The molecule has 0 aliphatic heterocycles. The third-order valence-electron chi connectivity index (χ3n) is 2.97. The molecule has 19 heavy (non-hydrogen) atoms. The SMILES string of the molecule is CCCNCc1cncc(-c2cnn(CCC)c2)c1. The number of hydrogen-bond acceptors (Lipinski definition) is 3. The van der Waals surface area contributed by atoms with E-state index in [9.17, 15) is 0 Å². The summed E-state index contributed by atoms with van der Waals surface area (Å²) in [6, 6.07) is 2.18. The molecule has 0 amide bonds. The van der Waals surface area contributed by atoms with Gasteiger partial charge in [0.05, 0.1) is 6.20 Å². The Hall–Kier alpha value is -1.68. The van der Waals surface area contributed by atoms with Crippen LogP contribution in [0, 0.1) is 0 Å². The molecule has 4 heteroatoms. The zero-order valence-electron chi connectivity index (χ0n) is 11.8. The molecule has 1 N–H and O–H groups in total. The third kappa shape index (κ3) is 3.89. The lowest BCUT2D eigenvalue weighted by Gasteiger charge is -2.04. The Labute approximate surface area is 114 Å². The van der Waals surface area contributed by atoms with E-state index in [1.54, 1.807) is 0 Å². The highest BCUT2D eigenvalue weighted by atomic mass is 15.3. The van der Waals surface area contributed by atoms with Gasteiger partial charge in [-0.25, -0.2) is 0 Å². The minimum atomic E-state index is 0.873. The zero-order chi connectivity index (χ0) is 13.5. The number of nitrogens with zero attached hydrogens (tertiary/aromatic N) is 3. The Balaban J connectivity index is 2.08. The van der Waals surface area contributed by atoms with Gasteiger partial charge in [0.2, 0.25) is 0 Å². The number of aromatic nitrogens is 3. The van der Waals surface area contributed by atoms with Crippen molar-refractivity contribution >= 4 is 0 Å². The van der Waals surface area contributed by atoms with Gasteiger partial charge in [-0.1, -0.05) is 13.8 Å². The molecular formula is C15H22N4. The zero-order valence-corrected chi connectivity index (χ0v) is 11.8. The minimum Gasteiger partial charge on any atom is -0.313 e. The minimum absolute atomic E-state index is 0.873. The number of pyridine rings is 1. The number of nitrogens with one attached hydrogen (secondary N) is 1. The van der Waals surface area contributed by atoms with Crippen molar-refractivity contribution in [3.63, 3.8) is 0 Å². The molecule has 2 rings (SSSR count). The van der Waals surface area contributed by atoms with Crippen molar-refractivity contribution in [3.05, 3.63) is 36.4 Å². The number of aryl methyl sites for hydroxylation is 1. The molecule has 0 saturated heterocycles. The molecule has 2 heterocycles. The van der Waals surface area contributed by atoms with Crippen LogP contribution in [-0.2, 0) is 13.1 Å². The summed E-state index contributed by atoms with van der Waals surface area (Å²) in [5.74, 6) is 0. The standard InChI is InChI=1S/C15H22N4/c1-3-5-16-8-13-7-14(10-17-9-13)15-11-18-19(12-15)6-4-2/h7,9-12,16H,3-6,8H2,1-2H3. The van der Waals surface area contributed by atoms with E-state index >= 15 is 0 Å². The van der Waals surface area contributed by atoms with Crippen molar-refractivity contribution in [3.8, 4) is 11.1 Å². The molecule has 0 saturated carbocycles. The highest BCUT2D eigenvalue weighted by Gasteiger charge is 2.03. The summed E-state index contributed by atoms with van der Waals surface area (Å²) >= 11 is 0. The second-order valence-corrected chi connectivity index (χ2v) is 4.75. The van der Waals surface area contributed by atoms with Crippen molar-refractivity contribution < 1.29 is 0 Å². The summed E-state index contributed by atoms with van der Waals surface area (Å²) in [7, 11) is 0. The predicted octanol–water partition coefficient (Wildman–Crippen LogP) is 2.85. The van der Waals surface area contributed by atoms with Crippen LogP contribution in [0.1, 0.15) is 32.3 Å². The third-order valence-corrected chi connectivity index (χ3v) is 2.97. The number of rotatable bonds is 7. The van der Waals surface area contributed by atoms with Gasteiger partial charge in [-0.15, -0.1) is 0 Å². The highest BCUT2D eigenvalue weighted by Crippen LogP contribution is 2.18. The largest absolute Gasteiger partial charge is 0.313 e. The smallest absolute Gasteiger partial charge is 0.0568 e. The maximum absolute atomic E-state index is 4.36. The molecular weight excluding hydrogens is 236 g/mol. The van der Waals surface area contributed by atoms with Crippen LogP contribution in [0.4, 0.5) is 0 Å². The van der Waals surface area contributed by atoms with E-state index in [1.165, 1.54) is 5.56 Å². The summed E-state index contributed by atoms with van der Waals surface area (Å²) in [4.78, 5) is 4.32. The van der Waals surface area contributed by atoms with Gasteiger partial charge in [0.15, 0.2) is 0 Å². The Morgan fingerprint density at radius 1 is 1.11 bits per heavy atom. The first-order chi connectivity index (χ1) is 9.33. The summed E-state index contributed by atoms with van der Waals surface area (Å²) < 4.78 is 1.98. The van der Waals surface area contributed by atoms with Crippen molar-refractivity contribution in [2.45, 2.75) is 39.8 Å². The fourth-order valence-electron chi connectivity index (χ4n) is 2.02. The second-order valence-electron chi connectivity index (χ2n) is 4.75. The lowest BCUT2D eigenvalue weighted by atomic mass is 10.1. The average Bonchev–Trinajstić information content (AvgIpc) is 2.89. The fourth-order valence-corrected chi connectivity index (χ4v) is 2.02. The average molecular weight is 258 g/mol. The van der Waals surface area contributed by atoms with Crippen LogP contribution in [0.5, 0.6) is 0 Å². The van der Waals surface area contributed by atoms with Crippen LogP contribution in [0.25, 0.3) is 11.1 Å². The van der Waals surface area contributed by atoms with Gasteiger partial charge in [-0.05, 0) is 31.0 Å². The van der Waals surface area contributed by atoms with Crippen LogP contribution in [-0.4, -0.2) is 21.3 Å². The van der Waals surface area contributed by atoms with Gasteiger partial charge in [0.25, 0.3) is 0 Å². The first kappa shape index (κ1) is 13.7. The first-order valence-electron chi connectivity index (χ1n) is 7.01. The summed E-state index contributed by atoms with van der Waals surface area (Å²) in [5, 5.41) is 7.76. The van der Waals surface area contributed by atoms with Crippen LogP contribution in [0.3, 0.4) is 0 Å². The van der Waals surface area contributed by atoms with Gasteiger partial charge in [-0.2, -0.15) is 5.10 Å². The first-order valence-corrected chi connectivity index (χ1v) is 7.01. The molecule has 0 spiro atoms. The topological polar surface area (TPSA) is 42.7 Å². The van der Waals surface area contributed by atoms with Gasteiger partial charge in [-0.3, -0.25) is 9.67 Å². The van der Waals surface area contributed by atoms with E-state index in [-0.39, 0.29) is 0 Å². The molecule has 2 aromatic rings. The van der Waals surface area contributed by atoms with Crippen LogP contribution in [0.2, 0.25) is 0 Å². The van der Waals surface area contributed by atoms with Gasteiger partial charge >= 0.3 is 0 Å². The van der Waals surface area contributed by atoms with E-state index < -0.39 is 0 Å². The maximum Gasteiger partial charge on any atom is 0.0568 e. The molecule has 0 bridgehead atoms.